The summed E-state index contributed by atoms with van der Waals surface area (Å²) >= 11 is 0. The summed E-state index contributed by atoms with van der Waals surface area (Å²) in [5, 5.41) is 0. The second-order valence-electron chi connectivity index (χ2n) is 4.49. The number of aliphatic imine (C=N–C) groups is 1. The zero-order valence-electron chi connectivity index (χ0n) is 12.4. The van der Waals surface area contributed by atoms with E-state index in [1.807, 2.05) is 13.1 Å². The van der Waals surface area contributed by atoms with Crippen LogP contribution in [0.4, 0.5) is 0 Å². The minimum absolute atomic E-state index is 0.489. The Balaban J connectivity index is 4.16. The van der Waals surface area contributed by atoms with Gasteiger partial charge in [0.15, 0.2) is 0 Å². The van der Waals surface area contributed by atoms with Crippen LogP contribution in [0.5, 0.6) is 0 Å². The Hall–Kier alpha value is -0.910. The van der Waals surface area contributed by atoms with E-state index < -0.39 is 0 Å². The van der Waals surface area contributed by atoms with Crippen LogP contribution in [-0.4, -0.2) is 49.4 Å². The van der Waals surface area contributed by atoms with Crippen molar-refractivity contribution in [2.75, 3.05) is 33.4 Å². The first-order valence-corrected chi connectivity index (χ1v) is 6.48. The molecule has 2 N–H and O–H groups in total. The second-order valence-corrected chi connectivity index (χ2v) is 4.49. The van der Waals surface area contributed by atoms with Crippen molar-refractivity contribution in [3.05, 3.63) is 11.4 Å². The Morgan fingerprint density at radius 2 is 2.00 bits per heavy atom. The van der Waals surface area contributed by atoms with E-state index in [4.69, 9.17) is 5.90 Å². The smallest absolute Gasteiger partial charge is 0.126 e. The van der Waals surface area contributed by atoms with E-state index in [-0.39, 0.29) is 0 Å². The monoisotopic (exact) mass is 256 g/mol. The molecule has 0 atom stereocenters. The number of nitrogens with two attached hydrogens (primary N) is 1. The first-order chi connectivity index (χ1) is 8.56. The Bertz CT molecular complexity index is 272. The summed E-state index contributed by atoms with van der Waals surface area (Å²) in [5.74, 6) is 6.14. The molecule has 5 heteroatoms. The van der Waals surface area contributed by atoms with Gasteiger partial charge in [0.25, 0.3) is 0 Å². The lowest BCUT2D eigenvalue weighted by molar-refractivity contribution is 0.0296. The quantitative estimate of drug-likeness (QED) is 0.388. The molecule has 0 unspecified atom stereocenters. The lowest BCUT2D eigenvalue weighted by Gasteiger charge is -2.23. The van der Waals surface area contributed by atoms with Crippen molar-refractivity contribution in [3.8, 4) is 0 Å². The zero-order valence-corrected chi connectivity index (χ0v) is 12.4. The van der Waals surface area contributed by atoms with Crippen molar-refractivity contribution in [2.24, 2.45) is 10.9 Å². The van der Waals surface area contributed by atoms with E-state index in [0.717, 1.165) is 31.9 Å². The highest BCUT2D eigenvalue weighted by Gasteiger charge is 2.06. The number of allylic oxidation sites excluding steroid dienone is 1. The van der Waals surface area contributed by atoms with Crippen LogP contribution in [0.25, 0.3) is 0 Å². The summed E-state index contributed by atoms with van der Waals surface area (Å²) in [6, 6.07) is 0. The first-order valence-electron chi connectivity index (χ1n) is 6.48. The summed E-state index contributed by atoms with van der Waals surface area (Å²) in [7, 11) is 2.07. The highest BCUT2D eigenvalue weighted by atomic mass is 16.6. The molecule has 0 bridgehead atoms. The van der Waals surface area contributed by atoms with Crippen molar-refractivity contribution in [3.63, 3.8) is 0 Å². The van der Waals surface area contributed by atoms with E-state index in [0.29, 0.717) is 6.73 Å². The van der Waals surface area contributed by atoms with Gasteiger partial charge < -0.3 is 4.90 Å². The molecule has 0 fully saturated rings. The first kappa shape index (κ1) is 17.1. The molecule has 0 aliphatic carbocycles. The number of hydrogen-bond donors (Lipinski definition) is 1. The van der Waals surface area contributed by atoms with Gasteiger partial charge in [-0.2, -0.15) is 0 Å². The van der Waals surface area contributed by atoms with Gasteiger partial charge in [-0.1, -0.05) is 6.92 Å². The van der Waals surface area contributed by atoms with E-state index in [9.17, 15) is 0 Å². The van der Waals surface area contributed by atoms with Gasteiger partial charge in [0, 0.05) is 26.4 Å². The Morgan fingerprint density at radius 3 is 2.44 bits per heavy atom. The molecule has 0 spiro atoms. The molecular formula is C13H28N4O. The maximum atomic E-state index is 5.09. The largest absolute Gasteiger partial charge is 0.360 e. The zero-order chi connectivity index (χ0) is 14.0. The van der Waals surface area contributed by atoms with Gasteiger partial charge in [-0.3, -0.25) is 9.74 Å². The third-order valence-electron chi connectivity index (χ3n) is 2.73. The Kier molecular flexibility index (Phi) is 9.55. The average molecular weight is 256 g/mol. The molecule has 0 amide bonds. The number of nitrogens with zero attached hydrogens (tertiary/aromatic N) is 3. The van der Waals surface area contributed by atoms with E-state index in [2.05, 4.69) is 47.4 Å². The fourth-order valence-electron chi connectivity index (χ4n) is 1.79. The van der Waals surface area contributed by atoms with Crippen molar-refractivity contribution < 1.29 is 4.84 Å². The van der Waals surface area contributed by atoms with Crippen molar-refractivity contribution in [1.82, 2.24) is 9.80 Å². The summed E-state index contributed by atoms with van der Waals surface area (Å²) in [4.78, 5) is 13.4. The topological polar surface area (TPSA) is 54.1 Å². The normalized spacial score (nSPS) is 11.3. The van der Waals surface area contributed by atoms with Gasteiger partial charge >= 0.3 is 0 Å². The maximum absolute atomic E-state index is 5.09. The van der Waals surface area contributed by atoms with Crippen LogP contribution in [0.2, 0.25) is 0 Å². The molecule has 106 valence electrons. The molecule has 0 aromatic rings. The number of hydrogen-bond acceptors (Lipinski definition) is 5. The SMILES string of the molecule is C/C=N\C(=C(C)C)N(C)CCCN(CC)CON. The molecule has 0 heterocycles. The fourth-order valence-corrected chi connectivity index (χ4v) is 1.79. The highest BCUT2D eigenvalue weighted by Crippen LogP contribution is 2.10. The van der Waals surface area contributed by atoms with Crippen LogP contribution >= 0.6 is 0 Å². The van der Waals surface area contributed by atoms with Gasteiger partial charge in [0.1, 0.15) is 12.6 Å². The molecule has 0 aliphatic rings. The standard InChI is InChI=1S/C13H28N4O/c1-6-15-13(12(3)4)16(5)9-8-10-17(7-2)11-18-14/h6H,7-11,14H2,1-5H3/b15-6-. The van der Waals surface area contributed by atoms with Gasteiger partial charge in [-0.15, -0.1) is 0 Å². The molecule has 5 nitrogen and oxygen atoms in total. The minimum Gasteiger partial charge on any atom is -0.360 e. The fraction of sp³-hybridized carbons (Fsp3) is 0.769. The third-order valence-corrected chi connectivity index (χ3v) is 2.73. The van der Waals surface area contributed by atoms with Crippen LogP contribution in [0, 0.1) is 0 Å². The summed E-state index contributed by atoms with van der Waals surface area (Å²) in [6.45, 7) is 11.6. The van der Waals surface area contributed by atoms with Crippen molar-refractivity contribution >= 4 is 6.21 Å². The molecule has 18 heavy (non-hydrogen) atoms. The van der Waals surface area contributed by atoms with Crippen LogP contribution < -0.4 is 5.90 Å². The van der Waals surface area contributed by atoms with Crippen LogP contribution in [0.3, 0.4) is 0 Å². The molecule has 0 radical (unpaired) electrons. The molecule has 0 aliphatic heterocycles. The molecular weight excluding hydrogens is 228 g/mol. The Morgan fingerprint density at radius 1 is 1.33 bits per heavy atom. The van der Waals surface area contributed by atoms with Gasteiger partial charge in [-0.05, 0) is 39.3 Å². The minimum atomic E-state index is 0.489. The van der Waals surface area contributed by atoms with E-state index in [1.165, 1.54) is 5.57 Å². The molecule has 0 saturated heterocycles. The molecule has 0 saturated carbocycles. The van der Waals surface area contributed by atoms with E-state index in [1.54, 1.807) is 0 Å². The molecule has 0 rings (SSSR count). The maximum Gasteiger partial charge on any atom is 0.126 e. The molecule has 0 aromatic heterocycles. The van der Waals surface area contributed by atoms with E-state index >= 15 is 0 Å². The van der Waals surface area contributed by atoms with Crippen LogP contribution in [0.1, 0.15) is 34.1 Å². The van der Waals surface area contributed by atoms with Gasteiger partial charge in [-0.25, -0.2) is 10.9 Å². The molecule has 0 aromatic carbocycles. The summed E-state index contributed by atoms with van der Waals surface area (Å²) < 4.78 is 0. The lowest BCUT2D eigenvalue weighted by atomic mass is 10.3. The predicted molar refractivity (Wildman–Crippen MR) is 77.2 cm³/mol. The average Bonchev–Trinajstić information content (AvgIpc) is 2.34. The predicted octanol–water partition coefficient (Wildman–Crippen LogP) is 1.82. The van der Waals surface area contributed by atoms with Crippen molar-refractivity contribution in [2.45, 2.75) is 34.1 Å². The van der Waals surface area contributed by atoms with Gasteiger partial charge in [0.2, 0.25) is 0 Å². The highest BCUT2D eigenvalue weighted by molar-refractivity contribution is 5.55. The third kappa shape index (κ3) is 6.74. The second kappa shape index (κ2) is 10.1. The van der Waals surface area contributed by atoms with Crippen LogP contribution in [-0.2, 0) is 4.84 Å². The Labute approximate surface area is 111 Å². The summed E-state index contributed by atoms with van der Waals surface area (Å²) in [6.07, 6.45) is 2.89. The van der Waals surface area contributed by atoms with Crippen molar-refractivity contribution in [1.29, 1.82) is 0 Å². The van der Waals surface area contributed by atoms with Crippen LogP contribution in [0.15, 0.2) is 16.4 Å². The summed E-state index contributed by atoms with van der Waals surface area (Å²) in [5.41, 5.74) is 1.23. The number of rotatable bonds is 9. The van der Waals surface area contributed by atoms with Gasteiger partial charge in [0.05, 0.1) is 0 Å². The lowest BCUT2D eigenvalue weighted by Crippen LogP contribution is -2.31.